The van der Waals surface area contributed by atoms with Gasteiger partial charge in [-0.3, -0.25) is 0 Å². The van der Waals surface area contributed by atoms with E-state index in [1.807, 2.05) is 26.0 Å². The van der Waals surface area contributed by atoms with Crippen LogP contribution in [-0.4, -0.2) is 9.66 Å². The molecule has 1 heterocycles. The molecule has 0 aliphatic carbocycles. The Morgan fingerprint density at radius 1 is 1.31 bits per heavy atom. The summed E-state index contributed by atoms with van der Waals surface area (Å²) in [6.07, 6.45) is 0. The highest BCUT2D eigenvalue weighted by atomic mass is 15.3. The number of aryl methyl sites for hydroxylation is 2. The zero-order valence-electron chi connectivity index (χ0n) is 7.70. The van der Waals surface area contributed by atoms with Crippen LogP contribution in [0.4, 0.5) is 5.69 Å². The van der Waals surface area contributed by atoms with Crippen molar-refractivity contribution in [3.8, 4) is 0 Å². The molecular formula is C9H12N4. The Hall–Kier alpha value is -1.71. The average molecular weight is 176 g/mol. The second-order valence-corrected chi connectivity index (χ2v) is 3.20. The summed E-state index contributed by atoms with van der Waals surface area (Å²) in [6.45, 7) is 3.85. The predicted octanol–water partition coefficient (Wildman–Crippen LogP) is 0.949. The summed E-state index contributed by atoms with van der Waals surface area (Å²) in [6, 6.07) is 3.80. The molecule has 0 amide bonds. The lowest BCUT2D eigenvalue weighted by Crippen LogP contribution is -2.10. The number of rotatable bonds is 0. The van der Waals surface area contributed by atoms with E-state index in [9.17, 15) is 0 Å². The molecule has 1 aromatic heterocycles. The van der Waals surface area contributed by atoms with Crippen LogP contribution in [0.5, 0.6) is 0 Å². The molecule has 0 aliphatic rings. The normalized spacial score (nSPS) is 10.9. The van der Waals surface area contributed by atoms with Crippen molar-refractivity contribution in [2.75, 3.05) is 11.6 Å². The van der Waals surface area contributed by atoms with E-state index < -0.39 is 0 Å². The Kier molecular flexibility index (Phi) is 1.45. The summed E-state index contributed by atoms with van der Waals surface area (Å²) in [5, 5.41) is 0. The molecule has 0 unspecified atom stereocenters. The zero-order chi connectivity index (χ0) is 9.59. The van der Waals surface area contributed by atoms with Gasteiger partial charge in [-0.1, -0.05) is 6.07 Å². The largest absolute Gasteiger partial charge is 0.397 e. The summed E-state index contributed by atoms with van der Waals surface area (Å²) in [5.41, 5.74) is 9.27. The van der Waals surface area contributed by atoms with Gasteiger partial charge in [0.1, 0.15) is 11.3 Å². The molecule has 4 nitrogen and oxygen atoms in total. The van der Waals surface area contributed by atoms with Crippen LogP contribution in [0.1, 0.15) is 11.4 Å². The third-order valence-corrected chi connectivity index (χ3v) is 2.25. The molecule has 1 aromatic carbocycles. The van der Waals surface area contributed by atoms with Crippen molar-refractivity contribution in [1.82, 2.24) is 9.66 Å². The number of nitrogens with zero attached hydrogens (tertiary/aromatic N) is 2. The van der Waals surface area contributed by atoms with Crippen molar-refractivity contribution in [3.05, 3.63) is 23.5 Å². The van der Waals surface area contributed by atoms with Crippen molar-refractivity contribution in [2.45, 2.75) is 13.8 Å². The van der Waals surface area contributed by atoms with E-state index in [-0.39, 0.29) is 0 Å². The SMILES string of the molecule is Cc1ccc(N)c2c1nc(C)n2N. The number of hydrogen-bond donors (Lipinski definition) is 2. The lowest BCUT2D eigenvalue weighted by atomic mass is 10.2. The first-order valence-electron chi connectivity index (χ1n) is 4.10. The number of nitrogens with two attached hydrogens (primary N) is 2. The standard InChI is InChI=1S/C9H12N4/c1-5-3-4-7(10)9-8(5)12-6(2)13(9)11/h3-4H,10-11H2,1-2H3. The van der Waals surface area contributed by atoms with Crippen LogP contribution in [0.2, 0.25) is 0 Å². The van der Waals surface area contributed by atoms with Gasteiger partial charge in [0, 0.05) is 0 Å². The summed E-state index contributed by atoms with van der Waals surface area (Å²) >= 11 is 0. The van der Waals surface area contributed by atoms with E-state index in [0.717, 1.165) is 22.4 Å². The molecule has 0 bridgehead atoms. The van der Waals surface area contributed by atoms with Gasteiger partial charge in [0.2, 0.25) is 0 Å². The number of anilines is 1. The third-order valence-electron chi connectivity index (χ3n) is 2.25. The van der Waals surface area contributed by atoms with Crippen LogP contribution in [0.15, 0.2) is 12.1 Å². The molecule has 4 N–H and O–H groups in total. The molecular weight excluding hydrogens is 164 g/mol. The number of nitrogen functional groups attached to an aromatic ring is 2. The molecule has 0 fully saturated rings. The van der Waals surface area contributed by atoms with Crippen molar-refractivity contribution in [2.24, 2.45) is 0 Å². The smallest absolute Gasteiger partial charge is 0.125 e. The van der Waals surface area contributed by atoms with Crippen LogP contribution in [0.3, 0.4) is 0 Å². The fourth-order valence-electron chi connectivity index (χ4n) is 1.47. The van der Waals surface area contributed by atoms with Crippen LogP contribution < -0.4 is 11.6 Å². The van der Waals surface area contributed by atoms with Gasteiger partial charge < -0.3 is 11.6 Å². The van der Waals surface area contributed by atoms with E-state index in [1.165, 1.54) is 4.68 Å². The van der Waals surface area contributed by atoms with Gasteiger partial charge in [-0.25, -0.2) is 9.66 Å². The fraction of sp³-hybridized carbons (Fsp3) is 0.222. The molecule has 2 rings (SSSR count). The number of aromatic nitrogens is 2. The highest BCUT2D eigenvalue weighted by Crippen LogP contribution is 2.23. The van der Waals surface area contributed by atoms with Gasteiger partial charge in [-0.15, -0.1) is 0 Å². The van der Waals surface area contributed by atoms with E-state index in [4.69, 9.17) is 11.6 Å². The lowest BCUT2D eigenvalue weighted by Gasteiger charge is -2.01. The van der Waals surface area contributed by atoms with E-state index in [0.29, 0.717) is 5.69 Å². The molecule has 2 aromatic rings. The molecule has 0 saturated heterocycles. The maximum atomic E-state index is 5.80. The van der Waals surface area contributed by atoms with Crippen LogP contribution in [-0.2, 0) is 0 Å². The number of hydrogen-bond acceptors (Lipinski definition) is 3. The van der Waals surface area contributed by atoms with Gasteiger partial charge in [-0.2, -0.15) is 0 Å². The molecule has 0 radical (unpaired) electrons. The third kappa shape index (κ3) is 0.950. The highest BCUT2D eigenvalue weighted by molar-refractivity contribution is 5.90. The molecule has 0 atom stereocenters. The quantitative estimate of drug-likeness (QED) is 0.463. The van der Waals surface area contributed by atoms with Crippen LogP contribution >= 0.6 is 0 Å². The van der Waals surface area contributed by atoms with Gasteiger partial charge >= 0.3 is 0 Å². The van der Waals surface area contributed by atoms with Gasteiger partial charge in [0.15, 0.2) is 0 Å². The van der Waals surface area contributed by atoms with Gasteiger partial charge in [-0.05, 0) is 25.5 Å². The van der Waals surface area contributed by atoms with Crippen molar-refractivity contribution >= 4 is 16.7 Å². The lowest BCUT2D eigenvalue weighted by molar-refractivity contribution is 0.956. The Morgan fingerprint density at radius 3 is 2.62 bits per heavy atom. The second-order valence-electron chi connectivity index (χ2n) is 3.20. The predicted molar refractivity (Wildman–Crippen MR) is 53.8 cm³/mol. The minimum atomic E-state index is 0.670. The topological polar surface area (TPSA) is 69.9 Å². The van der Waals surface area contributed by atoms with Crippen molar-refractivity contribution < 1.29 is 0 Å². The summed E-state index contributed by atoms with van der Waals surface area (Å²) in [4.78, 5) is 4.33. The number of fused-ring (bicyclic) bond motifs is 1. The van der Waals surface area contributed by atoms with Crippen molar-refractivity contribution in [1.29, 1.82) is 0 Å². The van der Waals surface area contributed by atoms with Crippen molar-refractivity contribution in [3.63, 3.8) is 0 Å². The van der Waals surface area contributed by atoms with Gasteiger partial charge in [0.25, 0.3) is 0 Å². The molecule has 13 heavy (non-hydrogen) atoms. The van der Waals surface area contributed by atoms with E-state index in [2.05, 4.69) is 4.98 Å². The summed E-state index contributed by atoms with van der Waals surface area (Å²) < 4.78 is 1.53. The molecule has 68 valence electrons. The minimum absolute atomic E-state index is 0.670. The fourth-order valence-corrected chi connectivity index (χ4v) is 1.47. The Bertz CT molecular complexity index is 470. The molecule has 0 spiro atoms. The van der Waals surface area contributed by atoms with Gasteiger partial charge in [0.05, 0.1) is 11.2 Å². The number of benzene rings is 1. The molecule has 0 aliphatic heterocycles. The zero-order valence-corrected chi connectivity index (χ0v) is 7.70. The first-order chi connectivity index (χ1) is 6.11. The van der Waals surface area contributed by atoms with Crippen LogP contribution in [0.25, 0.3) is 11.0 Å². The maximum absolute atomic E-state index is 5.80. The summed E-state index contributed by atoms with van der Waals surface area (Å²) in [5.74, 6) is 6.56. The maximum Gasteiger partial charge on any atom is 0.125 e. The second kappa shape index (κ2) is 2.39. The highest BCUT2D eigenvalue weighted by Gasteiger charge is 2.09. The minimum Gasteiger partial charge on any atom is -0.397 e. The first kappa shape index (κ1) is 7.91. The van der Waals surface area contributed by atoms with E-state index >= 15 is 0 Å². The van der Waals surface area contributed by atoms with Crippen LogP contribution in [0, 0.1) is 13.8 Å². The average Bonchev–Trinajstić information content (AvgIpc) is 2.38. The monoisotopic (exact) mass is 176 g/mol. The number of imidazole rings is 1. The first-order valence-corrected chi connectivity index (χ1v) is 4.10. The Labute approximate surface area is 76.1 Å². The molecule has 0 saturated carbocycles. The summed E-state index contributed by atoms with van der Waals surface area (Å²) in [7, 11) is 0. The Balaban J connectivity index is 3.00. The van der Waals surface area contributed by atoms with E-state index in [1.54, 1.807) is 0 Å². The Morgan fingerprint density at radius 2 is 2.00 bits per heavy atom. The molecule has 4 heteroatoms.